The van der Waals surface area contributed by atoms with Gasteiger partial charge in [-0.1, -0.05) is 30.1 Å². The quantitative estimate of drug-likeness (QED) is 0.249. The van der Waals surface area contributed by atoms with Crippen molar-refractivity contribution in [3.63, 3.8) is 0 Å². The van der Waals surface area contributed by atoms with Crippen molar-refractivity contribution in [2.45, 2.75) is 77.0 Å². The number of aromatic nitrogens is 2. The van der Waals surface area contributed by atoms with Crippen LogP contribution in [0.2, 0.25) is 10.0 Å². The van der Waals surface area contributed by atoms with Crippen LogP contribution in [0.1, 0.15) is 58.8 Å². The predicted molar refractivity (Wildman–Crippen MR) is 153 cm³/mol. The molecule has 1 unspecified atom stereocenters. The number of halogens is 2. The predicted octanol–water partition coefficient (Wildman–Crippen LogP) is 6.42. The molecule has 0 spiro atoms. The zero-order chi connectivity index (χ0) is 26.0. The van der Waals surface area contributed by atoms with Gasteiger partial charge in [0.25, 0.3) is 0 Å². The lowest BCUT2D eigenvalue weighted by molar-refractivity contribution is 0.105. The number of rotatable bonds is 13. The summed E-state index contributed by atoms with van der Waals surface area (Å²) in [5.74, 6) is 2.05. The molecule has 2 atom stereocenters. The van der Waals surface area contributed by atoms with Crippen LogP contribution in [0.5, 0.6) is 0 Å². The van der Waals surface area contributed by atoms with Crippen LogP contribution >= 0.6 is 23.2 Å². The summed E-state index contributed by atoms with van der Waals surface area (Å²) in [5, 5.41) is 11.8. The minimum atomic E-state index is 0.386. The van der Waals surface area contributed by atoms with Gasteiger partial charge in [-0.3, -0.25) is 0 Å². The molecule has 2 aliphatic rings. The molecule has 1 aliphatic carbocycles. The minimum absolute atomic E-state index is 0.386. The summed E-state index contributed by atoms with van der Waals surface area (Å²) in [5.41, 5.74) is 1.44. The first kappa shape index (κ1) is 28.4. The number of nitrogens with one attached hydrogen (secondary N) is 3. The van der Waals surface area contributed by atoms with Crippen LogP contribution in [0.15, 0.2) is 24.4 Å². The van der Waals surface area contributed by atoms with Gasteiger partial charge in [0.05, 0.1) is 21.8 Å². The number of pyridine rings is 2. The molecule has 1 aliphatic heterocycles. The van der Waals surface area contributed by atoms with Crippen molar-refractivity contribution < 1.29 is 9.47 Å². The molecule has 1 saturated heterocycles. The highest BCUT2D eigenvalue weighted by Crippen LogP contribution is 2.34. The molecule has 0 radical (unpaired) electrons. The zero-order valence-corrected chi connectivity index (χ0v) is 23.6. The Morgan fingerprint density at radius 3 is 2.65 bits per heavy atom. The summed E-state index contributed by atoms with van der Waals surface area (Å²) in [6.45, 7) is 8.43. The van der Waals surface area contributed by atoms with Gasteiger partial charge < -0.3 is 25.4 Å². The number of nitrogens with zero attached hydrogens (tertiary/aromatic N) is 2. The Labute approximate surface area is 231 Å². The Bertz CT molecular complexity index is 981. The Hall–Kier alpha value is -1.64. The maximum Gasteiger partial charge on any atom is 0.126 e. The number of hydrogen-bond acceptors (Lipinski definition) is 7. The Kier molecular flexibility index (Phi) is 11.1. The molecule has 4 rings (SSSR count). The topological polar surface area (TPSA) is 80.3 Å². The molecule has 9 heteroatoms. The third-order valence-corrected chi connectivity index (χ3v) is 7.89. The third kappa shape index (κ3) is 8.69. The number of ether oxygens (including phenoxy) is 2. The van der Waals surface area contributed by atoms with Crippen molar-refractivity contribution >= 4 is 34.8 Å². The van der Waals surface area contributed by atoms with Crippen molar-refractivity contribution in [3.05, 3.63) is 34.4 Å². The van der Waals surface area contributed by atoms with E-state index < -0.39 is 0 Å². The molecule has 0 bridgehead atoms. The highest BCUT2D eigenvalue weighted by atomic mass is 35.5. The van der Waals surface area contributed by atoms with Crippen LogP contribution in [0, 0.1) is 5.92 Å². The van der Waals surface area contributed by atoms with Gasteiger partial charge in [0, 0.05) is 56.8 Å². The van der Waals surface area contributed by atoms with Gasteiger partial charge in [0.2, 0.25) is 0 Å². The maximum absolute atomic E-state index is 6.56. The molecule has 3 N–H and O–H groups in total. The van der Waals surface area contributed by atoms with Gasteiger partial charge in [-0.15, -0.1) is 0 Å². The highest BCUT2D eigenvalue weighted by molar-refractivity contribution is 6.36. The van der Waals surface area contributed by atoms with Crippen molar-refractivity contribution in [2.24, 2.45) is 5.92 Å². The van der Waals surface area contributed by atoms with Gasteiger partial charge >= 0.3 is 0 Å². The van der Waals surface area contributed by atoms with Crippen molar-refractivity contribution in [2.75, 3.05) is 43.5 Å². The molecule has 204 valence electrons. The van der Waals surface area contributed by atoms with Crippen LogP contribution < -0.4 is 16.0 Å². The van der Waals surface area contributed by atoms with E-state index in [2.05, 4.69) is 27.9 Å². The maximum atomic E-state index is 6.56. The van der Waals surface area contributed by atoms with Gasteiger partial charge in [-0.2, -0.15) is 0 Å². The normalized spacial score (nSPS) is 22.6. The summed E-state index contributed by atoms with van der Waals surface area (Å²) >= 11 is 13.1. The van der Waals surface area contributed by atoms with Crippen LogP contribution in [-0.2, 0) is 9.47 Å². The SMILES string of the molecule is CCOCCC(C)CNc1ccc(Cl)c(-c2cc(NC3CCC(NC[C@H]4CCCO4)CC3)ncc2Cl)n1. The Morgan fingerprint density at radius 1 is 1.08 bits per heavy atom. The van der Waals surface area contributed by atoms with Crippen LogP contribution in [0.4, 0.5) is 11.6 Å². The molecule has 2 aromatic heterocycles. The minimum Gasteiger partial charge on any atom is -0.382 e. The second-order valence-corrected chi connectivity index (χ2v) is 11.1. The van der Waals surface area contributed by atoms with E-state index in [-0.39, 0.29) is 0 Å². The smallest absolute Gasteiger partial charge is 0.126 e. The molecule has 2 aromatic rings. The van der Waals surface area contributed by atoms with Crippen molar-refractivity contribution in [1.29, 1.82) is 0 Å². The Balaban J connectivity index is 1.32. The summed E-state index contributed by atoms with van der Waals surface area (Å²) in [6.07, 6.45) is 9.94. The first-order valence-corrected chi connectivity index (χ1v) is 14.5. The molecule has 7 nitrogen and oxygen atoms in total. The van der Waals surface area contributed by atoms with Gasteiger partial charge in [-0.05, 0) is 76.0 Å². The molecule has 0 aromatic carbocycles. The van der Waals surface area contributed by atoms with Crippen molar-refractivity contribution in [3.8, 4) is 11.3 Å². The highest BCUT2D eigenvalue weighted by Gasteiger charge is 2.23. The summed E-state index contributed by atoms with van der Waals surface area (Å²) in [4.78, 5) is 9.33. The average Bonchev–Trinajstić information content (AvgIpc) is 3.43. The van der Waals surface area contributed by atoms with E-state index >= 15 is 0 Å². The van der Waals surface area contributed by atoms with E-state index in [1.165, 1.54) is 12.8 Å². The Morgan fingerprint density at radius 2 is 1.89 bits per heavy atom. The van der Waals surface area contributed by atoms with E-state index in [0.717, 1.165) is 82.2 Å². The molecule has 2 fully saturated rings. The number of anilines is 2. The van der Waals surface area contributed by atoms with E-state index in [4.69, 9.17) is 37.7 Å². The van der Waals surface area contributed by atoms with Crippen molar-refractivity contribution in [1.82, 2.24) is 15.3 Å². The zero-order valence-electron chi connectivity index (χ0n) is 22.1. The standard InChI is InChI=1S/C28H41Cl2N5O2/c1-3-36-14-12-19(2)16-32-26-11-10-24(29)28(35-26)23-15-27(33-18-25(23)30)34-21-8-6-20(7-9-21)31-17-22-5-4-13-37-22/h10-11,15,18-22,31H,3-9,12-14,16-17H2,1-2H3,(H,32,35)(H,33,34)/t19?,20?,21?,22-/m1/s1. The summed E-state index contributed by atoms with van der Waals surface area (Å²) < 4.78 is 11.2. The number of hydrogen-bond donors (Lipinski definition) is 3. The molecular weight excluding hydrogens is 509 g/mol. The second kappa shape index (κ2) is 14.5. The molecule has 37 heavy (non-hydrogen) atoms. The van der Waals surface area contributed by atoms with Crippen LogP contribution in [0.25, 0.3) is 11.3 Å². The van der Waals surface area contributed by atoms with Crippen LogP contribution in [0.3, 0.4) is 0 Å². The summed E-state index contributed by atoms with van der Waals surface area (Å²) in [6, 6.07) is 6.69. The molecule has 0 amide bonds. The van der Waals surface area contributed by atoms with Gasteiger partial charge in [0.1, 0.15) is 11.6 Å². The lowest BCUT2D eigenvalue weighted by atomic mass is 9.91. The van der Waals surface area contributed by atoms with Crippen LogP contribution in [-0.4, -0.2) is 61.1 Å². The molecular formula is C28H41Cl2N5O2. The molecule has 3 heterocycles. The largest absolute Gasteiger partial charge is 0.382 e. The lowest BCUT2D eigenvalue weighted by Gasteiger charge is -2.30. The summed E-state index contributed by atoms with van der Waals surface area (Å²) in [7, 11) is 0. The lowest BCUT2D eigenvalue weighted by Crippen LogP contribution is -2.40. The first-order valence-electron chi connectivity index (χ1n) is 13.8. The fourth-order valence-corrected chi connectivity index (χ4v) is 5.39. The fourth-order valence-electron chi connectivity index (χ4n) is 4.99. The first-order chi connectivity index (χ1) is 18.0. The van der Waals surface area contributed by atoms with E-state index in [9.17, 15) is 0 Å². The average molecular weight is 551 g/mol. The fraction of sp³-hybridized carbons (Fsp3) is 0.643. The monoisotopic (exact) mass is 549 g/mol. The van der Waals surface area contributed by atoms with Gasteiger partial charge in [0.15, 0.2) is 0 Å². The second-order valence-electron chi connectivity index (χ2n) is 10.3. The van der Waals surface area contributed by atoms with E-state index in [1.807, 2.05) is 25.1 Å². The van der Waals surface area contributed by atoms with E-state index in [0.29, 0.717) is 39.8 Å². The van der Waals surface area contributed by atoms with Gasteiger partial charge in [-0.25, -0.2) is 9.97 Å². The van der Waals surface area contributed by atoms with E-state index in [1.54, 1.807) is 6.20 Å². The third-order valence-electron chi connectivity index (χ3n) is 7.28. The molecule has 1 saturated carbocycles.